The smallest absolute Gasteiger partial charge is 0.251 e. The van der Waals surface area contributed by atoms with Crippen LogP contribution in [0.15, 0.2) is 22.0 Å². The van der Waals surface area contributed by atoms with E-state index in [9.17, 15) is 4.79 Å². The highest BCUT2D eigenvalue weighted by Crippen LogP contribution is 1.96. The second-order valence-electron chi connectivity index (χ2n) is 1.86. The second kappa shape index (κ2) is 2.27. The molecule has 48 valence electrons. The van der Waals surface area contributed by atoms with Crippen LogP contribution in [0, 0.1) is 6.92 Å². The van der Waals surface area contributed by atoms with Crippen LogP contribution in [-0.4, -0.2) is 4.98 Å². The molecule has 0 saturated carbocycles. The molecule has 0 bridgehead atoms. The van der Waals surface area contributed by atoms with E-state index in [0.29, 0.717) is 10.6 Å². The van der Waals surface area contributed by atoms with Crippen LogP contribution in [0.1, 0.15) is 5.56 Å². The summed E-state index contributed by atoms with van der Waals surface area (Å²) in [7, 11) is 0. The maximum atomic E-state index is 10.7. The molecule has 0 aliphatic rings. The van der Waals surface area contributed by atoms with Gasteiger partial charge < -0.3 is 4.98 Å². The van der Waals surface area contributed by atoms with E-state index in [1.165, 1.54) is 0 Å². The van der Waals surface area contributed by atoms with Gasteiger partial charge in [0, 0.05) is 5.56 Å². The SMILES string of the molecule is Cc1ccc(S)[nH]c1=O. The van der Waals surface area contributed by atoms with Gasteiger partial charge in [0.25, 0.3) is 5.56 Å². The summed E-state index contributed by atoms with van der Waals surface area (Å²) < 4.78 is 0. The molecule has 1 aromatic rings. The fourth-order valence-electron chi connectivity index (χ4n) is 0.536. The fraction of sp³-hybridized carbons (Fsp3) is 0.167. The van der Waals surface area contributed by atoms with Gasteiger partial charge in [-0.15, -0.1) is 12.6 Å². The van der Waals surface area contributed by atoms with Crippen LogP contribution in [-0.2, 0) is 0 Å². The lowest BCUT2D eigenvalue weighted by atomic mass is 10.3. The van der Waals surface area contributed by atoms with Crippen LogP contribution in [0.25, 0.3) is 0 Å². The van der Waals surface area contributed by atoms with E-state index >= 15 is 0 Å². The predicted molar refractivity (Wildman–Crippen MR) is 39.1 cm³/mol. The molecule has 0 aliphatic heterocycles. The van der Waals surface area contributed by atoms with Crippen molar-refractivity contribution in [1.82, 2.24) is 4.98 Å². The molecule has 0 radical (unpaired) electrons. The Morgan fingerprint density at radius 3 is 2.67 bits per heavy atom. The second-order valence-corrected chi connectivity index (χ2v) is 2.34. The number of hydrogen-bond acceptors (Lipinski definition) is 2. The summed E-state index contributed by atoms with van der Waals surface area (Å²) in [4.78, 5) is 13.3. The van der Waals surface area contributed by atoms with Crippen LogP contribution >= 0.6 is 12.6 Å². The number of hydrogen-bond donors (Lipinski definition) is 2. The molecule has 0 spiro atoms. The average molecular weight is 141 g/mol. The third-order valence-electron chi connectivity index (χ3n) is 1.09. The Balaban J connectivity index is 3.34. The van der Waals surface area contributed by atoms with Crippen LogP contribution in [0.5, 0.6) is 0 Å². The first-order valence-electron chi connectivity index (χ1n) is 2.59. The van der Waals surface area contributed by atoms with Gasteiger partial charge in [0.1, 0.15) is 0 Å². The summed E-state index contributed by atoms with van der Waals surface area (Å²) in [5.74, 6) is 0. The van der Waals surface area contributed by atoms with Gasteiger partial charge in [0.15, 0.2) is 0 Å². The van der Waals surface area contributed by atoms with Crippen molar-refractivity contribution in [3.63, 3.8) is 0 Å². The molecule has 0 fully saturated rings. The molecular weight excluding hydrogens is 134 g/mol. The number of H-pyrrole nitrogens is 1. The molecule has 0 atom stereocenters. The molecular formula is C6H7NOS. The van der Waals surface area contributed by atoms with Crippen molar-refractivity contribution in [2.75, 3.05) is 0 Å². The molecule has 2 nitrogen and oxygen atoms in total. The van der Waals surface area contributed by atoms with E-state index in [1.807, 2.05) is 0 Å². The Labute approximate surface area is 58.3 Å². The quantitative estimate of drug-likeness (QED) is 0.518. The van der Waals surface area contributed by atoms with E-state index < -0.39 is 0 Å². The first-order chi connectivity index (χ1) is 4.20. The lowest BCUT2D eigenvalue weighted by molar-refractivity contribution is 1.06. The molecule has 0 aromatic carbocycles. The maximum Gasteiger partial charge on any atom is 0.251 e. The van der Waals surface area contributed by atoms with Crippen molar-refractivity contribution in [2.45, 2.75) is 11.9 Å². The highest BCUT2D eigenvalue weighted by molar-refractivity contribution is 7.80. The van der Waals surface area contributed by atoms with Crippen LogP contribution < -0.4 is 5.56 Å². The summed E-state index contributed by atoms with van der Waals surface area (Å²) >= 11 is 3.95. The van der Waals surface area contributed by atoms with Crippen molar-refractivity contribution >= 4 is 12.6 Å². The molecule has 9 heavy (non-hydrogen) atoms. The first-order valence-corrected chi connectivity index (χ1v) is 3.04. The molecule has 1 heterocycles. The third kappa shape index (κ3) is 1.36. The summed E-state index contributed by atoms with van der Waals surface area (Å²) in [6.45, 7) is 1.76. The standard InChI is InChI=1S/C6H7NOS/c1-4-2-3-5(9)7-6(4)8/h2-3H,1H3,(H2,7,8,9). The minimum absolute atomic E-state index is 0.0671. The van der Waals surface area contributed by atoms with Gasteiger partial charge in [0.05, 0.1) is 5.03 Å². The minimum atomic E-state index is -0.0671. The topological polar surface area (TPSA) is 32.9 Å². The Morgan fingerprint density at radius 2 is 2.22 bits per heavy atom. The van der Waals surface area contributed by atoms with Crippen LogP contribution in [0.4, 0.5) is 0 Å². The zero-order valence-corrected chi connectivity index (χ0v) is 5.90. The van der Waals surface area contributed by atoms with Crippen LogP contribution in [0.3, 0.4) is 0 Å². The normalized spacial score (nSPS) is 9.56. The van der Waals surface area contributed by atoms with Gasteiger partial charge in [-0.05, 0) is 13.0 Å². The number of aryl methyl sites for hydroxylation is 1. The highest BCUT2D eigenvalue weighted by Gasteiger charge is 1.89. The zero-order chi connectivity index (χ0) is 6.85. The van der Waals surface area contributed by atoms with Crippen molar-refractivity contribution in [1.29, 1.82) is 0 Å². The largest absolute Gasteiger partial charge is 0.317 e. The summed E-state index contributed by atoms with van der Waals surface area (Å²) in [6, 6.07) is 3.49. The number of rotatable bonds is 0. The number of pyridine rings is 1. The average Bonchev–Trinajstić information content (AvgIpc) is 1.80. The molecule has 1 N–H and O–H groups in total. The predicted octanol–water partition coefficient (Wildman–Crippen LogP) is 0.972. The van der Waals surface area contributed by atoms with E-state index in [-0.39, 0.29) is 5.56 Å². The Bertz CT molecular complexity index is 266. The van der Waals surface area contributed by atoms with E-state index in [2.05, 4.69) is 17.6 Å². The number of aromatic nitrogens is 1. The van der Waals surface area contributed by atoms with Gasteiger partial charge in [0.2, 0.25) is 0 Å². The summed E-state index contributed by atoms with van der Waals surface area (Å²) in [6.07, 6.45) is 0. The maximum absolute atomic E-state index is 10.7. The van der Waals surface area contributed by atoms with Gasteiger partial charge in [-0.1, -0.05) is 6.07 Å². The molecule has 1 rings (SSSR count). The van der Waals surface area contributed by atoms with Crippen molar-refractivity contribution < 1.29 is 0 Å². The lowest BCUT2D eigenvalue weighted by Gasteiger charge is -1.90. The third-order valence-corrected chi connectivity index (χ3v) is 1.35. The Morgan fingerprint density at radius 1 is 1.56 bits per heavy atom. The molecule has 0 aliphatic carbocycles. The monoisotopic (exact) mass is 141 g/mol. The molecule has 1 aromatic heterocycles. The summed E-state index contributed by atoms with van der Waals surface area (Å²) in [5, 5.41) is 0.602. The highest BCUT2D eigenvalue weighted by atomic mass is 32.1. The van der Waals surface area contributed by atoms with E-state index in [0.717, 1.165) is 0 Å². The van der Waals surface area contributed by atoms with E-state index in [1.54, 1.807) is 19.1 Å². The molecule has 0 saturated heterocycles. The van der Waals surface area contributed by atoms with E-state index in [4.69, 9.17) is 0 Å². The molecule has 3 heteroatoms. The molecule has 0 unspecified atom stereocenters. The fourth-order valence-corrected chi connectivity index (χ4v) is 0.712. The Kier molecular flexibility index (Phi) is 1.62. The first kappa shape index (κ1) is 6.42. The lowest BCUT2D eigenvalue weighted by Crippen LogP contribution is -2.07. The van der Waals surface area contributed by atoms with Crippen LogP contribution in [0.2, 0.25) is 0 Å². The number of nitrogens with one attached hydrogen (secondary N) is 1. The van der Waals surface area contributed by atoms with Crippen molar-refractivity contribution in [3.05, 3.63) is 28.0 Å². The number of aromatic amines is 1. The van der Waals surface area contributed by atoms with Gasteiger partial charge in [-0.2, -0.15) is 0 Å². The molecule has 0 amide bonds. The van der Waals surface area contributed by atoms with Gasteiger partial charge in [-0.25, -0.2) is 0 Å². The number of thiol groups is 1. The van der Waals surface area contributed by atoms with Crippen molar-refractivity contribution in [3.8, 4) is 0 Å². The van der Waals surface area contributed by atoms with Gasteiger partial charge in [-0.3, -0.25) is 4.79 Å². The zero-order valence-electron chi connectivity index (χ0n) is 5.01. The summed E-state index contributed by atoms with van der Waals surface area (Å²) in [5.41, 5.74) is 0.648. The minimum Gasteiger partial charge on any atom is -0.317 e. The van der Waals surface area contributed by atoms with Crippen molar-refractivity contribution in [2.24, 2.45) is 0 Å². The Hall–Kier alpha value is -0.700. The van der Waals surface area contributed by atoms with Gasteiger partial charge >= 0.3 is 0 Å².